The van der Waals surface area contributed by atoms with Gasteiger partial charge in [0.25, 0.3) is 0 Å². The number of anilines is 2. The minimum atomic E-state index is -1.72. The molecular weight excluding hydrogens is 425 g/mol. The molecule has 0 saturated heterocycles. The molecule has 0 unspecified atom stereocenters. The molecule has 120 valence electrons. The number of hydrogen-bond donors (Lipinski definition) is 2. The van der Waals surface area contributed by atoms with Gasteiger partial charge in [0, 0.05) is 15.3 Å². The molecule has 0 bridgehead atoms. The Hall–Kier alpha value is -2.30. The zero-order valence-electron chi connectivity index (χ0n) is 11.6. The quantitative estimate of drug-likeness (QED) is 0.427. The molecule has 0 saturated carbocycles. The summed E-state index contributed by atoms with van der Waals surface area (Å²) in [6.07, 6.45) is 0. The number of hydrogen-bond acceptors (Lipinski definition) is 4. The van der Waals surface area contributed by atoms with Crippen molar-refractivity contribution in [3.63, 3.8) is 0 Å². The van der Waals surface area contributed by atoms with E-state index in [1.807, 2.05) is 0 Å². The Morgan fingerprint density at radius 1 is 1.30 bits per heavy atom. The molecule has 0 spiro atoms. The lowest BCUT2D eigenvalue weighted by molar-refractivity contribution is -0.387. The lowest BCUT2D eigenvalue weighted by atomic mass is 10.1. The standard InChI is InChI=1S/C14H9F2IN2O4/c1-6-4-7(17)2-3-9(6)18-13-8(14(20)21)5-10(19(22)23)11(15)12(13)16/h2-5,18H,1H3,(H,20,21). The van der Waals surface area contributed by atoms with Gasteiger partial charge in [0.15, 0.2) is 5.82 Å². The molecule has 2 rings (SSSR count). The first-order valence-electron chi connectivity index (χ1n) is 6.15. The molecule has 2 aromatic carbocycles. The van der Waals surface area contributed by atoms with Crippen molar-refractivity contribution in [1.82, 2.24) is 0 Å². The minimum absolute atomic E-state index is 0.361. The van der Waals surface area contributed by atoms with Crippen molar-refractivity contribution in [2.45, 2.75) is 6.92 Å². The van der Waals surface area contributed by atoms with Gasteiger partial charge in [-0.25, -0.2) is 9.18 Å². The van der Waals surface area contributed by atoms with E-state index in [9.17, 15) is 23.7 Å². The maximum atomic E-state index is 14.1. The van der Waals surface area contributed by atoms with Crippen LogP contribution in [-0.4, -0.2) is 16.0 Å². The molecule has 2 aromatic rings. The van der Waals surface area contributed by atoms with Gasteiger partial charge in [0.05, 0.1) is 16.2 Å². The Labute approximate surface area is 142 Å². The SMILES string of the molecule is Cc1cc(I)ccc1Nc1c(C(=O)O)cc([N+](=O)[O-])c(F)c1F. The average Bonchev–Trinajstić information content (AvgIpc) is 2.45. The van der Waals surface area contributed by atoms with Crippen molar-refractivity contribution in [3.8, 4) is 0 Å². The highest BCUT2D eigenvalue weighted by Gasteiger charge is 2.28. The molecule has 0 fully saturated rings. The van der Waals surface area contributed by atoms with Crippen LogP contribution in [-0.2, 0) is 0 Å². The van der Waals surface area contributed by atoms with E-state index in [1.54, 1.807) is 25.1 Å². The van der Waals surface area contributed by atoms with Crippen molar-refractivity contribution in [3.05, 3.63) is 60.7 Å². The van der Waals surface area contributed by atoms with E-state index in [2.05, 4.69) is 27.9 Å². The molecule has 23 heavy (non-hydrogen) atoms. The van der Waals surface area contributed by atoms with Crippen molar-refractivity contribution in [2.24, 2.45) is 0 Å². The molecule has 0 aliphatic carbocycles. The Morgan fingerprint density at radius 2 is 1.96 bits per heavy atom. The van der Waals surface area contributed by atoms with Crippen molar-refractivity contribution in [2.75, 3.05) is 5.32 Å². The average molecular weight is 434 g/mol. The fraction of sp³-hybridized carbons (Fsp3) is 0.0714. The maximum Gasteiger partial charge on any atom is 0.338 e. The Balaban J connectivity index is 2.63. The zero-order chi connectivity index (χ0) is 17.3. The molecular formula is C14H9F2IN2O4. The van der Waals surface area contributed by atoms with E-state index in [-0.39, 0.29) is 0 Å². The molecule has 0 aliphatic heterocycles. The number of rotatable bonds is 4. The summed E-state index contributed by atoms with van der Waals surface area (Å²) in [6.45, 7) is 1.70. The van der Waals surface area contributed by atoms with Gasteiger partial charge in [-0.2, -0.15) is 4.39 Å². The molecule has 0 radical (unpaired) electrons. The van der Waals surface area contributed by atoms with E-state index in [0.29, 0.717) is 17.3 Å². The van der Waals surface area contributed by atoms with Gasteiger partial charge >= 0.3 is 11.7 Å². The number of halogens is 3. The van der Waals surface area contributed by atoms with Crippen molar-refractivity contribution in [1.29, 1.82) is 0 Å². The van der Waals surface area contributed by atoms with E-state index >= 15 is 0 Å². The molecule has 6 nitrogen and oxygen atoms in total. The van der Waals surface area contributed by atoms with E-state index in [0.717, 1.165) is 3.57 Å². The van der Waals surface area contributed by atoms with Gasteiger partial charge in [-0.15, -0.1) is 0 Å². The monoisotopic (exact) mass is 434 g/mol. The zero-order valence-corrected chi connectivity index (χ0v) is 13.7. The number of nitro groups is 1. The summed E-state index contributed by atoms with van der Waals surface area (Å²) in [5.74, 6) is -4.95. The highest BCUT2D eigenvalue weighted by molar-refractivity contribution is 14.1. The highest BCUT2D eigenvalue weighted by Crippen LogP contribution is 2.33. The number of aromatic carboxylic acids is 1. The Bertz CT molecular complexity index is 827. The highest BCUT2D eigenvalue weighted by atomic mass is 127. The predicted molar refractivity (Wildman–Crippen MR) is 87.2 cm³/mol. The maximum absolute atomic E-state index is 14.1. The van der Waals surface area contributed by atoms with Gasteiger partial charge < -0.3 is 10.4 Å². The second kappa shape index (κ2) is 6.44. The van der Waals surface area contributed by atoms with Crippen LogP contribution in [0.15, 0.2) is 24.3 Å². The van der Waals surface area contributed by atoms with E-state index in [4.69, 9.17) is 5.11 Å². The molecule has 9 heteroatoms. The number of nitrogens with zero attached hydrogens (tertiary/aromatic N) is 1. The van der Waals surface area contributed by atoms with Crippen molar-refractivity contribution < 1.29 is 23.6 Å². The van der Waals surface area contributed by atoms with Crippen molar-refractivity contribution >= 4 is 45.6 Å². The Morgan fingerprint density at radius 3 is 2.48 bits per heavy atom. The fourth-order valence-corrected chi connectivity index (χ4v) is 2.59. The normalized spacial score (nSPS) is 10.4. The van der Waals surface area contributed by atoms with E-state index < -0.39 is 39.5 Å². The number of benzene rings is 2. The third-order valence-corrected chi connectivity index (χ3v) is 3.73. The summed E-state index contributed by atoms with van der Waals surface area (Å²) < 4.78 is 28.8. The smallest absolute Gasteiger partial charge is 0.338 e. The van der Waals surface area contributed by atoms with Gasteiger partial charge in [-0.05, 0) is 53.3 Å². The first-order chi connectivity index (χ1) is 10.7. The topological polar surface area (TPSA) is 92.5 Å². The van der Waals surface area contributed by atoms with Crippen LogP contribution >= 0.6 is 22.6 Å². The van der Waals surface area contributed by atoms with Crippen LogP contribution in [0.1, 0.15) is 15.9 Å². The van der Waals surface area contributed by atoms with Gasteiger partial charge in [-0.1, -0.05) is 0 Å². The number of nitrogens with one attached hydrogen (secondary N) is 1. The first-order valence-corrected chi connectivity index (χ1v) is 7.23. The number of carboxylic acid groups (broad SMARTS) is 1. The van der Waals surface area contributed by atoms with Crippen LogP contribution in [0, 0.1) is 32.2 Å². The van der Waals surface area contributed by atoms with Gasteiger partial charge in [0.1, 0.15) is 0 Å². The summed E-state index contributed by atoms with van der Waals surface area (Å²) >= 11 is 2.06. The molecule has 0 aromatic heterocycles. The lowest BCUT2D eigenvalue weighted by Crippen LogP contribution is -2.09. The molecule has 0 atom stereocenters. The molecule has 0 heterocycles. The summed E-state index contributed by atoms with van der Waals surface area (Å²) in [7, 11) is 0. The largest absolute Gasteiger partial charge is 0.478 e. The van der Waals surface area contributed by atoms with Crippen LogP contribution in [0.25, 0.3) is 0 Å². The third-order valence-electron chi connectivity index (χ3n) is 3.06. The van der Waals surface area contributed by atoms with Crippen LogP contribution in [0.3, 0.4) is 0 Å². The van der Waals surface area contributed by atoms with Gasteiger partial charge in [-0.3, -0.25) is 10.1 Å². The number of nitro benzene ring substituents is 1. The second-order valence-electron chi connectivity index (χ2n) is 4.59. The van der Waals surface area contributed by atoms with E-state index in [1.165, 1.54) is 0 Å². The minimum Gasteiger partial charge on any atom is -0.478 e. The first kappa shape index (κ1) is 17.1. The summed E-state index contributed by atoms with van der Waals surface area (Å²) in [6, 6.07) is 5.51. The summed E-state index contributed by atoms with van der Waals surface area (Å²) in [5.41, 5.74) is -1.59. The fourth-order valence-electron chi connectivity index (χ4n) is 1.94. The summed E-state index contributed by atoms with van der Waals surface area (Å²) in [5, 5.41) is 22.3. The van der Waals surface area contributed by atoms with Crippen LogP contribution in [0.2, 0.25) is 0 Å². The molecule has 0 amide bonds. The molecule has 2 N–H and O–H groups in total. The number of carbonyl (C=O) groups is 1. The van der Waals surface area contributed by atoms with Crippen LogP contribution in [0.4, 0.5) is 25.8 Å². The number of carboxylic acids is 1. The Kier molecular flexibility index (Phi) is 4.78. The summed E-state index contributed by atoms with van der Waals surface area (Å²) in [4.78, 5) is 20.8. The second-order valence-corrected chi connectivity index (χ2v) is 5.84. The lowest BCUT2D eigenvalue weighted by Gasteiger charge is -2.13. The number of aryl methyl sites for hydroxylation is 1. The predicted octanol–water partition coefficient (Wildman–Crippen LogP) is 4.23. The van der Waals surface area contributed by atoms with Crippen LogP contribution < -0.4 is 5.32 Å². The van der Waals surface area contributed by atoms with Gasteiger partial charge in [0.2, 0.25) is 5.82 Å². The third kappa shape index (κ3) is 3.38. The molecule has 0 aliphatic rings. The van der Waals surface area contributed by atoms with Crippen LogP contribution in [0.5, 0.6) is 0 Å².